The predicted octanol–water partition coefficient (Wildman–Crippen LogP) is 8.98. The van der Waals surface area contributed by atoms with E-state index in [4.69, 9.17) is 0 Å². The van der Waals surface area contributed by atoms with Crippen LogP contribution in [0.4, 0.5) is 0 Å². The maximum Gasteiger partial charge on any atom is 0.114 e. The van der Waals surface area contributed by atoms with Gasteiger partial charge in [-0.25, -0.2) is 0 Å². The van der Waals surface area contributed by atoms with Crippen LogP contribution in [0.5, 0.6) is 0 Å². The number of hydrogen-bond donors (Lipinski definition) is 0. The number of benzene rings is 6. The lowest BCUT2D eigenvalue weighted by Crippen LogP contribution is -2.64. The van der Waals surface area contributed by atoms with Gasteiger partial charge in [0.15, 0.2) is 0 Å². The predicted molar refractivity (Wildman–Crippen MR) is 182 cm³/mol. The Morgan fingerprint density at radius 3 is 2.14 bits per heavy atom. The van der Waals surface area contributed by atoms with Crippen LogP contribution in [0, 0.1) is 0 Å². The summed E-state index contributed by atoms with van der Waals surface area (Å²) in [7, 11) is -2.09. The molecule has 1 spiro atoms. The highest BCUT2D eigenvalue weighted by Crippen LogP contribution is 2.55. The Kier molecular flexibility index (Phi) is 4.24. The van der Waals surface area contributed by atoms with Gasteiger partial charge in [-0.3, -0.25) is 0 Å². The van der Waals surface area contributed by atoms with Crippen molar-refractivity contribution in [3.63, 3.8) is 0 Å². The van der Waals surface area contributed by atoms with Crippen LogP contribution in [-0.2, 0) is 5.41 Å². The van der Waals surface area contributed by atoms with E-state index in [0.717, 1.165) is 0 Å². The molecule has 0 radical (unpaired) electrons. The lowest BCUT2D eigenvalue weighted by atomic mass is 9.62. The Morgan fingerprint density at radius 2 is 1.24 bits per heavy atom. The Bertz CT molecular complexity index is 2460. The second kappa shape index (κ2) is 7.68. The summed E-state index contributed by atoms with van der Waals surface area (Å²) in [4.78, 5) is 0. The van der Waals surface area contributed by atoms with Crippen molar-refractivity contribution in [2.75, 3.05) is 0 Å². The van der Waals surface area contributed by atoms with Gasteiger partial charge in [0.25, 0.3) is 0 Å². The molecule has 4 heterocycles. The molecule has 10 rings (SSSR count). The molecule has 0 amide bonds. The normalized spacial score (nSPS) is 18.0. The number of thiophene rings is 1. The summed E-state index contributed by atoms with van der Waals surface area (Å²) in [5, 5.41) is 8.60. The van der Waals surface area contributed by atoms with Crippen LogP contribution in [-0.4, -0.2) is 12.6 Å². The van der Waals surface area contributed by atoms with Crippen molar-refractivity contribution in [3.05, 3.63) is 150 Å². The van der Waals surface area contributed by atoms with Crippen molar-refractivity contribution in [2.45, 2.75) is 18.5 Å². The van der Waals surface area contributed by atoms with E-state index in [9.17, 15) is 0 Å². The molecular formula is C39H27NSSi. The van der Waals surface area contributed by atoms with Crippen molar-refractivity contribution in [2.24, 2.45) is 0 Å². The molecule has 0 saturated heterocycles. The van der Waals surface area contributed by atoms with Crippen molar-refractivity contribution in [1.82, 2.24) is 4.57 Å². The molecule has 0 N–H and O–H groups in total. The van der Waals surface area contributed by atoms with Gasteiger partial charge in [-0.15, -0.1) is 11.3 Å². The Hall–Kier alpha value is -4.44. The zero-order valence-electron chi connectivity index (χ0n) is 23.5. The van der Waals surface area contributed by atoms with Gasteiger partial charge in [-0.05, 0) is 50.8 Å². The Labute approximate surface area is 249 Å². The number of para-hydroxylation sites is 3. The van der Waals surface area contributed by atoms with Crippen molar-refractivity contribution >= 4 is 71.8 Å². The molecule has 8 aromatic rings. The smallest absolute Gasteiger partial charge is 0.114 e. The number of rotatable bonds is 0. The van der Waals surface area contributed by atoms with E-state index in [2.05, 4.69) is 145 Å². The van der Waals surface area contributed by atoms with E-state index in [1.165, 1.54) is 69.9 Å². The molecule has 1 unspecified atom stereocenters. The van der Waals surface area contributed by atoms with Gasteiger partial charge >= 0.3 is 0 Å². The van der Waals surface area contributed by atoms with E-state index < -0.39 is 13.5 Å². The van der Waals surface area contributed by atoms with Crippen LogP contribution in [0.2, 0.25) is 13.1 Å². The average Bonchev–Trinajstić information content (AvgIpc) is 3.58. The van der Waals surface area contributed by atoms with Crippen LogP contribution < -0.4 is 10.4 Å². The van der Waals surface area contributed by atoms with Crippen LogP contribution in [0.3, 0.4) is 0 Å². The number of aromatic nitrogens is 1. The fourth-order valence-corrected chi connectivity index (χ4v) is 14.1. The number of fused-ring (bicyclic) bond motifs is 15. The van der Waals surface area contributed by atoms with Gasteiger partial charge in [0.2, 0.25) is 0 Å². The summed E-state index contributed by atoms with van der Waals surface area (Å²) in [6.45, 7) is 5.15. The van der Waals surface area contributed by atoms with Gasteiger partial charge in [-0.1, -0.05) is 122 Å². The van der Waals surface area contributed by atoms with Gasteiger partial charge in [-0.2, -0.15) is 0 Å². The molecular weight excluding hydrogens is 543 g/mol. The maximum atomic E-state index is 2.58. The van der Waals surface area contributed by atoms with E-state index in [1.54, 1.807) is 10.4 Å². The van der Waals surface area contributed by atoms with Crippen molar-refractivity contribution < 1.29 is 0 Å². The van der Waals surface area contributed by atoms with Gasteiger partial charge in [0, 0.05) is 30.9 Å². The molecule has 42 heavy (non-hydrogen) atoms. The lowest BCUT2D eigenvalue weighted by molar-refractivity contribution is 0.733. The Morgan fingerprint density at radius 1 is 0.548 bits per heavy atom. The summed E-state index contributed by atoms with van der Waals surface area (Å²) in [6, 6.07) is 48.5. The highest BCUT2D eigenvalue weighted by atomic mass is 32.1. The minimum absolute atomic E-state index is 0.403. The monoisotopic (exact) mass is 569 g/mol. The van der Waals surface area contributed by atoms with E-state index in [0.29, 0.717) is 0 Å². The van der Waals surface area contributed by atoms with Crippen molar-refractivity contribution in [3.8, 4) is 5.69 Å². The second-order valence-corrected chi connectivity index (χ2v) is 17.8. The molecule has 6 aromatic carbocycles. The first-order valence-electron chi connectivity index (χ1n) is 14.8. The first-order chi connectivity index (χ1) is 20.6. The van der Waals surface area contributed by atoms with Gasteiger partial charge in [0.05, 0.1) is 22.1 Å². The van der Waals surface area contributed by atoms with E-state index in [-0.39, 0.29) is 0 Å². The molecule has 198 valence electrons. The highest BCUT2D eigenvalue weighted by molar-refractivity contribution is 7.28. The van der Waals surface area contributed by atoms with Crippen LogP contribution >= 0.6 is 11.3 Å². The molecule has 3 heteroatoms. The fourth-order valence-electron chi connectivity index (χ4n) is 8.64. The molecule has 1 nitrogen and oxygen atoms in total. The molecule has 0 saturated carbocycles. The molecule has 1 atom stereocenters. The molecule has 2 aromatic heterocycles. The number of nitrogens with zero attached hydrogens (tertiary/aromatic N) is 1. The van der Waals surface area contributed by atoms with Crippen LogP contribution in [0.25, 0.3) is 47.7 Å². The number of hydrogen-bond acceptors (Lipinski definition) is 1. The molecule has 0 bridgehead atoms. The van der Waals surface area contributed by atoms with Crippen LogP contribution in [0.1, 0.15) is 22.3 Å². The minimum atomic E-state index is -2.09. The van der Waals surface area contributed by atoms with Gasteiger partial charge in [0.1, 0.15) is 8.07 Å². The summed E-state index contributed by atoms with van der Waals surface area (Å²) < 4.78 is 5.40. The molecule has 2 aliphatic heterocycles. The molecule has 0 aliphatic carbocycles. The van der Waals surface area contributed by atoms with E-state index >= 15 is 0 Å². The van der Waals surface area contributed by atoms with Crippen molar-refractivity contribution in [1.29, 1.82) is 0 Å². The average molecular weight is 570 g/mol. The third kappa shape index (κ3) is 2.49. The van der Waals surface area contributed by atoms with Gasteiger partial charge < -0.3 is 4.57 Å². The largest absolute Gasteiger partial charge is 0.309 e. The third-order valence-corrected chi connectivity index (χ3v) is 15.2. The molecule has 0 fully saturated rings. The first kappa shape index (κ1) is 23.2. The molecule has 2 aliphatic rings. The third-order valence-electron chi connectivity index (χ3n) is 10.2. The van der Waals surface area contributed by atoms with Crippen LogP contribution in [0.15, 0.2) is 127 Å². The fraction of sp³-hybridized carbons (Fsp3) is 0.0769. The topological polar surface area (TPSA) is 4.93 Å². The zero-order valence-corrected chi connectivity index (χ0v) is 25.3. The summed E-state index contributed by atoms with van der Waals surface area (Å²) >= 11 is 1.99. The second-order valence-electron chi connectivity index (χ2n) is 12.5. The Balaban J connectivity index is 1.50. The zero-order chi connectivity index (χ0) is 27.8. The summed E-state index contributed by atoms with van der Waals surface area (Å²) in [6.07, 6.45) is 0. The maximum absolute atomic E-state index is 2.58. The summed E-state index contributed by atoms with van der Waals surface area (Å²) in [5.74, 6) is 0. The first-order valence-corrected chi connectivity index (χ1v) is 18.6. The summed E-state index contributed by atoms with van der Waals surface area (Å²) in [5.41, 5.74) is 9.23. The quantitative estimate of drug-likeness (QED) is 0.161. The minimum Gasteiger partial charge on any atom is -0.309 e. The SMILES string of the molecule is C[Si]1(C)c2ccccc2C2(c3ccccc3-n3c4ccccc4c4cccc2c43)c2ccc3c(sc4ccccc43)c21. The van der Waals surface area contributed by atoms with E-state index in [1.807, 2.05) is 11.3 Å². The lowest BCUT2D eigenvalue weighted by Gasteiger charge is -2.49. The highest BCUT2D eigenvalue weighted by Gasteiger charge is 2.53. The standard InChI is InChI=1S/C39H27NSSi/c1-42(2)35-21-10-6-16-29(35)39(31-23-22-27-25-13-4-9-20-34(25)41-37(27)38(31)42)28-15-5-8-19-33(28)40-32-18-7-3-12-24(32)26-14-11-17-30(39)36(26)40/h3-23H,1-2H3.